The highest BCUT2D eigenvalue weighted by Gasteiger charge is 2.48. The largest absolute Gasteiger partial charge is 0.508 e. The summed E-state index contributed by atoms with van der Waals surface area (Å²) in [6.45, 7) is 3.89. The van der Waals surface area contributed by atoms with Crippen LogP contribution in [0.2, 0.25) is 0 Å². The van der Waals surface area contributed by atoms with Crippen LogP contribution in [0.15, 0.2) is 48.5 Å². The molecule has 2 aliphatic heterocycles. The van der Waals surface area contributed by atoms with Crippen molar-refractivity contribution in [2.75, 3.05) is 26.2 Å². The van der Waals surface area contributed by atoms with E-state index < -0.39 is 5.66 Å². The molecule has 144 valence electrons. The minimum absolute atomic E-state index is 0.303. The van der Waals surface area contributed by atoms with E-state index in [1.54, 1.807) is 12.1 Å². The Morgan fingerprint density at radius 1 is 0.556 bits per heavy atom. The van der Waals surface area contributed by atoms with Gasteiger partial charge in [-0.3, -0.25) is 9.80 Å². The molecule has 2 fully saturated rings. The monoisotopic (exact) mass is 366 g/mol. The molecule has 0 aromatic heterocycles. The number of phenols is 2. The second kappa shape index (κ2) is 7.91. The van der Waals surface area contributed by atoms with Gasteiger partial charge in [0.2, 0.25) is 0 Å². The van der Waals surface area contributed by atoms with Gasteiger partial charge in [0.05, 0.1) is 0 Å². The lowest BCUT2D eigenvalue weighted by molar-refractivity contribution is -0.0557. The highest BCUT2D eigenvalue weighted by atomic mass is 16.3. The van der Waals surface area contributed by atoms with E-state index in [2.05, 4.69) is 9.80 Å². The van der Waals surface area contributed by atoms with Crippen LogP contribution in [-0.4, -0.2) is 46.2 Å². The van der Waals surface area contributed by atoms with Crippen LogP contribution < -0.4 is 0 Å². The number of hydrogen-bond donors (Lipinski definition) is 2. The van der Waals surface area contributed by atoms with Gasteiger partial charge >= 0.3 is 0 Å². The Bertz CT molecular complexity index is 699. The Morgan fingerprint density at radius 2 is 0.926 bits per heavy atom. The van der Waals surface area contributed by atoms with Gasteiger partial charge in [0.1, 0.15) is 17.2 Å². The molecule has 0 atom stereocenters. The van der Waals surface area contributed by atoms with Gasteiger partial charge in [-0.1, -0.05) is 49.2 Å². The number of piperidine rings is 2. The van der Waals surface area contributed by atoms with Crippen LogP contribution in [0.3, 0.4) is 0 Å². The highest BCUT2D eigenvalue weighted by molar-refractivity contribution is 5.50. The first-order chi connectivity index (χ1) is 13.2. The first-order valence-electron chi connectivity index (χ1n) is 10.3. The topological polar surface area (TPSA) is 46.9 Å². The Labute approximate surface area is 162 Å². The molecule has 0 aliphatic carbocycles. The van der Waals surface area contributed by atoms with Crippen LogP contribution in [0.1, 0.15) is 49.7 Å². The molecule has 4 rings (SSSR count). The van der Waals surface area contributed by atoms with Crippen LogP contribution in [0.4, 0.5) is 0 Å². The molecule has 0 amide bonds. The zero-order valence-corrected chi connectivity index (χ0v) is 16.0. The summed E-state index contributed by atoms with van der Waals surface area (Å²) in [7, 11) is 0. The number of nitrogens with zero attached hydrogens (tertiary/aromatic N) is 2. The van der Waals surface area contributed by atoms with Gasteiger partial charge in [-0.15, -0.1) is 0 Å². The van der Waals surface area contributed by atoms with Crippen molar-refractivity contribution in [3.05, 3.63) is 59.7 Å². The standard InChI is InChI=1S/C23H30N2O2/c26-21-13-5-3-11-19(21)23(24-15-7-1-8-16-24,25-17-9-2-10-18-25)20-12-4-6-14-22(20)27/h3-6,11-14,26-27H,1-2,7-10,15-18H2. The molecular formula is C23H30N2O2. The van der Waals surface area contributed by atoms with Gasteiger partial charge in [-0.05, 0) is 37.8 Å². The fourth-order valence-electron chi connectivity index (χ4n) is 5.00. The van der Waals surface area contributed by atoms with E-state index in [9.17, 15) is 10.2 Å². The third kappa shape index (κ3) is 3.21. The first-order valence-corrected chi connectivity index (χ1v) is 10.3. The lowest BCUT2D eigenvalue weighted by Gasteiger charge is -2.54. The van der Waals surface area contributed by atoms with Crippen molar-refractivity contribution in [3.63, 3.8) is 0 Å². The SMILES string of the molecule is Oc1ccccc1C(c1ccccc1O)(N1CCCCC1)N1CCCCC1. The van der Waals surface area contributed by atoms with Gasteiger partial charge in [0, 0.05) is 37.3 Å². The van der Waals surface area contributed by atoms with Crippen molar-refractivity contribution in [2.24, 2.45) is 0 Å². The lowest BCUT2D eigenvalue weighted by atomic mass is 9.83. The van der Waals surface area contributed by atoms with Crippen molar-refractivity contribution < 1.29 is 10.2 Å². The molecule has 27 heavy (non-hydrogen) atoms. The third-order valence-electron chi connectivity index (χ3n) is 6.19. The highest BCUT2D eigenvalue weighted by Crippen LogP contribution is 2.47. The summed E-state index contributed by atoms with van der Waals surface area (Å²) in [5, 5.41) is 21.8. The summed E-state index contributed by atoms with van der Waals surface area (Å²) < 4.78 is 0. The third-order valence-corrected chi connectivity index (χ3v) is 6.19. The molecule has 2 aromatic carbocycles. The number of phenolic OH excluding ortho intramolecular Hbond substituents is 2. The van der Waals surface area contributed by atoms with E-state index in [0.29, 0.717) is 11.5 Å². The van der Waals surface area contributed by atoms with Gasteiger partial charge in [-0.25, -0.2) is 0 Å². The Balaban J connectivity index is 1.98. The molecule has 2 aliphatic rings. The van der Waals surface area contributed by atoms with Crippen LogP contribution in [0.5, 0.6) is 11.5 Å². The second-order valence-corrected chi connectivity index (χ2v) is 7.80. The molecule has 0 saturated carbocycles. The molecule has 0 unspecified atom stereocenters. The maximum absolute atomic E-state index is 10.9. The normalized spacial score (nSPS) is 19.9. The average Bonchev–Trinajstić information content (AvgIpc) is 2.73. The molecule has 0 bridgehead atoms. The van der Waals surface area contributed by atoms with Crippen LogP contribution >= 0.6 is 0 Å². The predicted molar refractivity (Wildman–Crippen MR) is 108 cm³/mol. The maximum Gasteiger partial charge on any atom is 0.134 e. The van der Waals surface area contributed by atoms with Crippen LogP contribution in [-0.2, 0) is 5.66 Å². The minimum Gasteiger partial charge on any atom is -0.508 e. The van der Waals surface area contributed by atoms with Crippen LogP contribution in [0.25, 0.3) is 0 Å². The zero-order chi connectivity index (χ0) is 18.7. The average molecular weight is 367 g/mol. The number of hydrogen-bond acceptors (Lipinski definition) is 4. The van der Waals surface area contributed by atoms with E-state index in [0.717, 1.165) is 63.0 Å². The quantitative estimate of drug-likeness (QED) is 0.848. The fraction of sp³-hybridized carbons (Fsp3) is 0.478. The summed E-state index contributed by atoms with van der Waals surface area (Å²) in [6.07, 6.45) is 7.09. The molecule has 2 N–H and O–H groups in total. The number of benzene rings is 2. The summed E-state index contributed by atoms with van der Waals surface area (Å²) in [6, 6.07) is 15.4. The van der Waals surface area contributed by atoms with Gasteiger partial charge in [0.15, 0.2) is 0 Å². The Hall–Kier alpha value is -2.04. The molecule has 0 spiro atoms. The number of aromatic hydroxyl groups is 2. The molecule has 0 radical (unpaired) electrons. The van der Waals surface area contributed by atoms with Crippen molar-refractivity contribution in [2.45, 2.75) is 44.2 Å². The molecule has 4 nitrogen and oxygen atoms in total. The van der Waals surface area contributed by atoms with Crippen LogP contribution in [0, 0.1) is 0 Å². The number of likely N-dealkylation sites (tertiary alicyclic amines) is 2. The molecule has 2 aromatic rings. The summed E-state index contributed by atoms with van der Waals surface area (Å²) >= 11 is 0. The van der Waals surface area contributed by atoms with E-state index in [-0.39, 0.29) is 0 Å². The number of para-hydroxylation sites is 2. The van der Waals surface area contributed by atoms with Crippen molar-refractivity contribution in [3.8, 4) is 11.5 Å². The molecule has 4 heteroatoms. The first kappa shape index (κ1) is 18.3. The van der Waals surface area contributed by atoms with Gasteiger partial charge in [-0.2, -0.15) is 0 Å². The summed E-state index contributed by atoms with van der Waals surface area (Å²) in [5.74, 6) is 0.605. The smallest absolute Gasteiger partial charge is 0.134 e. The Morgan fingerprint density at radius 3 is 1.30 bits per heavy atom. The van der Waals surface area contributed by atoms with E-state index in [1.807, 2.05) is 36.4 Å². The lowest BCUT2D eigenvalue weighted by Crippen LogP contribution is -2.61. The van der Waals surface area contributed by atoms with E-state index in [4.69, 9.17) is 0 Å². The molecule has 2 heterocycles. The number of rotatable bonds is 4. The maximum atomic E-state index is 10.9. The van der Waals surface area contributed by atoms with E-state index in [1.165, 1.54) is 12.8 Å². The van der Waals surface area contributed by atoms with Crippen molar-refractivity contribution in [1.82, 2.24) is 9.80 Å². The predicted octanol–water partition coefficient (Wildman–Crippen LogP) is 4.27. The summed E-state index contributed by atoms with van der Waals surface area (Å²) in [5.41, 5.74) is 1.14. The van der Waals surface area contributed by atoms with E-state index >= 15 is 0 Å². The molecule has 2 saturated heterocycles. The molecular weight excluding hydrogens is 336 g/mol. The van der Waals surface area contributed by atoms with Gasteiger partial charge in [0.25, 0.3) is 0 Å². The van der Waals surface area contributed by atoms with Crippen molar-refractivity contribution in [1.29, 1.82) is 0 Å². The van der Waals surface area contributed by atoms with Crippen molar-refractivity contribution >= 4 is 0 Å². The minimum atomic E-state index is -0.627. The Kier molecular flexibility index (Phi) is 5.37. The fourth-order valence-corrected chi connectivity index (χ4v) is 5.00. The second-order valence-electron chi connectivity index (χ2n) is 7.80. The summed E-state index contributed by atoms with van der Waals surface area (Å²) in [4.78, 5) is 4.98. The van der Waals surface area contributed by atoms with Gasteiger partial charge < -0.3 is 10.2 Å². The zero-order valence-electron chi connectivity index (χ0n) is 16.0.